The number of amides is 1. The third-order valence-electron chi connectivity index (χ3n) is 3.19. The van der Waals surface area contributed by atoms with E-state index < -0.39 is 5.91 Å². The van der Waals surface area contributed by atoms with E-state index in [1.165, 1.54) is 4.68 Å². The van der Waals surface area contributed by atoms with Crippen molar-refractivity contribution in [3.05, 3.63) is 40.7 Å². The first-order valence-corrected chi connectivity index (χ1v) is 8.00. The normalized spacial score (nSPS) is 10.2. The summed E-state index contributed by atoms with van der Waals surface area (Å²) >= 11 is 11.2. The molecule has 2 rings (SSSR count). The van der Waals surface area contributed by atoms with Crippen molar-refractivity contribution in [2.75, 3.05) is 11.9 Å². The average molecular weight is 368 g/mol. The molecule has 0 fully saturated rings. The van der Waals surface area contributed by atoms with Crippen LogP contribution in [0.2, 0.25) is 5.02 Å². The Morgan fingerprint density at radius 1 is 1.33 bits per heavy atom. The molecule has 0 aliphatic carbocycles. The molecule has 1 amide bonds. The second kappa shape index (κ2) is 7.98. The number of aryl methyl sites for hydroxylation is 1. The number of nitrogens with zero attached hydrogens (tertiary/aromatic N) is 2. The van der Waals surface area contributed by atoms with Crippen LogP contribution in [-0.4, -0.2) is 27.4 Å². The van der Waals surface area contributed by atoms with Gasteiger partial charge in [-0.3, -0.25) is 20.3 Å². The van der Waals surface area contributed by atoms with Gasteiger partial charge in [0.15, 0.2) is 10.8 Å². The van der Waals surface area contributed by atoms with Crippen molar-refractivity contribution in [1.29, 1.82) is 0 Å². The zero-order chi connectivity index (χ0) is 17.7. The number of hydrogen-bond donors (Lipinski definition) is 3. The molecule has 0 aliphatic rings. The van der Waals surface area contributed by atoms with Gasteiger partial charge in [-0.15, -0.1) is 0 Å². The first-order chi connectivity index (χ1) is 11.4. The van der Waals surface area contributed by atoms with Gasteiger partial charge in [-0.25, -0.2) is 0 Å². The molecule has 0 bridgehead atoms. The number of benzene rings is 1. The topological polar surface area (TPSA) is 80.2 Å². The number of hydrogen-bond acceptors (Lipinski definition) is 4. The van der Waals surface area contributed by atoms with Crippen molar-refractivity contribution in [3.63, 3.8) is 0 Å². The third-order valence-corrected chi connectivity index (χ3v) is 3.85. The molecule has 0 saturated carbocycles. The maximum absolute atomic E-state index is 12.1. The van der Waals surface area contributed by atoms with Crippen LogP contribution in [0, 0.1) is 6.92 Å². The zero-order valence-corrected chi connectivity index (χ0v) is 15.1. The highest BCUT2D eigenvalue weighted by molar-refractivity contribution is 7.80. The predicted octanol–water partition coefficient (Wildman–Crippen LogP) is 2.41. The second-order valence-corrected chi connectivity index (χ2v) is 5.65. The number of anilines is 1. The van der Waals surface area contributed by atoms with E-state index in [4.69, 9.17) is 28.6 Å². The van der Waals surface area contributed by atoms with E-state index in [1.54, 1.807) is 14.0 Å². The summed E-state index contributed by atoms with van der Waals surface area (Å²) in [5, 5.41) is 7.53. The molecule has 0 radical (unpaired) electrons. The smallest absolute Gasteiger partial charge is 0.291 e. The highest BCUT2D eigenvalue weighted by Gasteiger charge is 2.18. The largest absolute Gasteiger partial charge is 0.494 e. The van der Waals surface area contributed by atoms with E-state index in [9.17, 15) is 4.79 Å². The van der Waals surface area contributed by atoms with Crippen LogP contribution in [0.15, 0.2) is 24.3 Å². The van der Waals surface area contributed by atoms with Crippen LogP contribution in [0.5, 0.6) is 5.75 Å². The summed E-state index contributed by atoms with van der Waals surface area (Å²) in [6.07, 6.45) is 0. The van der Waals surface area contributed by atoms with E-state index in [0.717, 1.165) is 11.4 Å². The number of hydrazine groups is 1. The summed E-state index contributed by atoms with van der Waals surface area (Å²) in [6, 6.07) is 7.28. The second-order valence-electron chi connectivity index (χ2n) is 4.86. The Hall–Kier alpha value is -2.32. The molecule has 1 heterocycles. The molecule has 1 aromatic heterocycles. The van der Waals surface area contributed by atoms with Crippen LogP contribution in [-0.2, 0) is 7.05 Å². The quantitative estimate of drug-likeness (QED) is 0.569. The van der Waals surface area contributed by atoms with Crippen LogP contribution in [0.3, 0.4) is 0 Å². The molecule has 0 atom stereocenters. The summed E-state index contributed by atoms with van der Waals surface area (Å²) < 4.78 is 6.90. The van der Waals surface area contributed by atoms with Crippen molar-refractivity contribution in [2.24, 2.45) is 7.05 Å². The number of aromatic nitrogens is 2. The van der Waals surface area contributed by atoms with Crippen LogP contribution < -0.4 is 20.9 Å². The number of rotatable bonds is 4. The minimum absolute atomic E-state index is 0.132. The van der Waals surface area contributed by atoms with Gasteiger partial charge in [0.2, 0.25) is 0 Å². The molecule has 24 heavy (non-hydrogen) atoms. The number of carbonyl (C=O) groups is 1. The van der Waals surface area contributed by atoms with E-state index in [0.29, 0.717) is 17.3 Å². The van der Waals surface area contributed by atoms with Crippen LogP contribution in [0.25, 0.3) is 0 Å². The minimum atomic E-state index is -0.473. The molecule has 1 aromatic carbocycles. The Labute approximate surface area is 150 Å². The van der Waals surface area contributed by atoms with Gasteiger partial charge < -0.3 is 10.1 Å². The minimum Gasteiger partial charge on any atom is -0.494 e. The lowest BCUT2D eigenvalue weighted by molar-refractivity contribution is 0.0938. The Bertz CT molecular complexity index is 745. The zero-order valence-electron chi connectivity index (χ0n) is 13.5. The molecule has 7 nitrogen and oxygen atoms in total. The highest BCUT2D eigenvalue weighted by atomic mass is 35.5. The van der Waals surface area contributed by atoms with Gasteiger partial charge >= 0.3 is 0 Å². The van der Waals surface area contributed by atoms with E-state index in [2.05, 4.69) is 21.3 Å². The number of ether oxygens (including phenoxy) is 1. The molecule has 0 unspecified atom stereocenters. The average Bonchev–Trinajstić information content (AvgIpc) is 2.82. The van der Waals surface area contributed by atoms with E-state index in [1.807, 2.05) is 31.2 Å². The Morgan fingerprint density at radius 2 is 2.00 bits per heavy atom. The molecule has 0 saturated heterocycles. The number of nitrogens with one attached hydrogen (secondary N) is 3. The summed E-state index contributed by atoms with van der Waals surface area (Å²) in [4.78, 5) is 12.1. The van der Waals surface area contributed by atoms with E-state index >= 15 is 0 Å². The van der Waals surface area contributed by atoms with Crippen molar-refractivity contribution >= 4 is 40.5 Å². The van der Waals surface area contributed by atoms with Crippen LogP contribution in [0.1, 0.15) is 23.1 Å². The fourth-order valence-electron chi connectivity index (χ4n) is 1.86. The van der Waals surface area contributed by atoms with Gasteiger partial charge in [0.1, 0.15) is 5.75 Å². The summed E-state index contributed by atoms with van der Waals surface area (Å²) in [6.45, 7) is 4.30. The maximum atomic E-state index is 12.1. The highest BCUT2D eigenvalue weighted by Crippen LogP contribution is 2.18. The standard InChI is InChI=1S/C15H18ClN5O2S/c1-4-23-11-7-5-10(6-8-11)17-15(24)19-18-14(22)13-12(16)9(2)21(3)20-13/h5-8H,4H2,1-3H3,(H,18,22)(H2,17,19,24). The fourth-order valence-corrected chi connectivity index (χ4v) is 2.28. The molecule has 0 spiro atoms. The van der Waals surface area contributed by atoms with E-state index in [-0.39, 0.29) is 10.8 Å². The monoisotopic (exact) mass is 367 g/mol. The van der Waals surface area contributed by atoms with Crippen molar-refractivity contribution in [2.45, 2.75) is 13.8 Å². The van der Waals surface area contributed by atoms with Gasteiger partial charge in [-0.1, -0.05) is 11.6 Å². The maximum Gasteiger partial charge on any atom is 0.291 e. The lowest BCUT2D eigenvalue weighted by Crippen LogP contribution is -2.44. The fraction of sp³-hybridized carbons (Fsp3) is 0.267. The first kappa shape index (κ1) is 18.0. The van der Waals surface area contributed by atoms with Crippen LogP contribution >= 0.6 is 23.8 Å². The molecule has 3 N–H and O–H groups in total. The van der Waals surface area contributed by atoms with Gasteiger partial charge in [0, 0.05) is 12.7 Å². The molecular formula is C15H18ClN5O2S. The Balaban J connectivity index is 1.88. The predicted molar refractivity (Wildman–Crippen MR) is 97.4 cm³/mol. The number of halogens is 1. The molecule has 2 aromatic rings. The van der Waals surface area contributed by atoms with Crippen LogP contribution in [0.4, 0.5) is 5.69 Å². The Morgan fingerprint density at radius 3 is 2.54 bits per heavy atom. The lowest BCUT2D eigenvalue weighted by atomic mass is 10.3. The van der Waals surface area contributed by atoms with Crippen molar-refractivity contribution in [1.82, 2.24) is 20.6 Å². The summed E-state index contributed by atoms with van der Waals surface area (Å²) in [7, 11) is 1.71. The molecule has 9 heteroatoms. The van der Waals surface area contributed by atoms with Gasteiger partial charge in [-0.2, -0.15) is 5.10 Å². The summed E-state index contributed by atoms with van der Waals surface area (Å²) in [5.41, 5.74) is 6.66. The molecule has 128 valence electrons. The van der Waals surface area contributed by atoms with Gasteiger partial charge in [-0.05, 0) is 50.3 Å². The number of carbonyl (C=O) groups excluding carboxylic acids is 1. The Kier molecular flexibility index (Phi) is 5.99. The number of thiocarbonyl (C=S) groups is 1. The van der Waals surface area contributed by atoms with Crippen molar-refractivity contribution < 1.29 is 9.53 Å². The first-order valence-electron chi connectivity index (χ1n) is 7.21. The molecular weight excluding hydrogens is 350 g/mol. The lowest BCUT2D eigenvalue weighted by Gasteiger charge is -2.11. The SMILES string of the molecule is CCOc1ccc(NC(=S)NNC(=O)c2nn(C)c(C)c2Cl)cc1. The summed E-state index contributed by atoms with van der Waals surface area (Å²) in [5.74, 6) is 0.301. The molecule has 0 aliphatic heterocycles. The third kappa shape index (κ3) is 4.36. The van der Waals surface area contributed by atoms with Crippen molar-refractivity contribution in [3.8, 4) is 5.75 Å². The van der Waals surface area contributed by atoms with Gasteiger partial charge in [0.25, 0.3) is 5.91 Å². The van der Waals surface area contributed by atoms with Gasteiger partial charge in [0.05, 0.1) is 17.3 Å².